The molecule has 3 heteroatoms. The second kappa shape index (κ2) is 3.65. The molecule has 16 heavy (non-hydrogen) atoms. The van der Waals surface area contributed by atoms with Crippen LogP contribution in [-0.2, 0) is 0 Å². The van der Waals surface area contributed by atoms with Crippen LogP contribution in [0, 0.1) is 0 Å². The van der Waals surface area contributed by atoms with Crippen molar-refractivity contribution >= 4 is 22.5 Å². The molecule has 0 radical (unpaired) electrons. The maximum absolute atomic E-state index is 5.94. The first-order chi connectivity index (χ1) is 7.83. The number of benzene rings is 2. The molecule has 1 heterocycles. The smallest absolute Gasteiger partial charge is 0.0928 e. The molecule has 3 rings (SSSR count). The van der Waals surface area contributed by atoms with Crippen LogP contribution in [0.25, 0.3) is 16.6 Å². The van der Waals surface area contributed by atoms with Gasteiger partial charge in [-0.3, -0.25) is 0 Å². The topological polar surface area (TPSA) is 17.8 Å². The molecule has 3 aromatic rings. The van der Waals surface area contributed by atoms with E-state index in [0.29, 0.717) is 0 Å². The predicted molar refractivity (Wildman–Crippen MR) is 66.1 cm³/mol. The Labute approximate surface area is 98.1 Å². The first-order valence-electron chi connectivity index (χ1n) is 5.03. The zero-order valence-electron chi connectivity index (χ0n) is 8.47. The highest BCUT2D eigenvalue weighted by Crippen LogP contribution is 2.19. The van der Waals surface area contributed by atoms with Crippen LogP contribution in [0.3, 0.4) is 0 Å². The maximum Gasteiger partial charge on any atom is 0.0928 e. The molecule has 0 amide bonds. The van der Waals surface area contributed by atoms with Gasteiger partial charge in [0.2, 0.25) is 0 Å². The number of nitrogens with zero attached hydrogens (tertiary/aromatic N) is 2. The zero-order valence-corrected chi connectivity index (χ0v) is 9.22. The molecule has 0 saturated heterocycles. The van der Waals surface area contributed by atoms with E-state index in [4.69, 9.17) is 11.6 Å². The fraction of sp³-hybridized carbons (Fsp3) is 0. The van der Waals surface area contributed by atoms with Crippen LogP contribution < -0.4 is 0 Å². The fourth-order valence-corrected chi connectivity index (χ4v) is 1.89. The molecule has 0 atom stereocenters. The summed E-state index contributed by atoms with van der Waals surface area (Å²) >= 11 is 5.94. The van der Waals surface area contributed by atoms with E-state index in [1.165, 1.54) is 0 Å². The molecule has 78 valence electrons. The van der Waals surface area contributed by atoms with Crippen molar-refractivity contribution in [3.05, 3.63) is 59.8 Å². The van der Waals surface area contributed by atoms with Crippen LogP contribution in [0.1, 0.15) is 0 Å². The number of fused-ring (bicyclic) bond motifs is 1. The van der Waals surface area contributed by atoms with E-state index in [-0.39, 0.29) is 0 Å². The Bertz CT molecular complexity index is 629. The Morgan fingerprint density at radius 2 is 1.81 bits per heavy atom. The van der Waals surface area contributed by atoms with Crippen molar-refractivity contribution in [2.75, 3.05) is 0 Å². The van der Waals surface area contributed by atoms with Crippen molar-refractivity contribution in [3.63, 3.8) is 0 Å². The summed E-state index contributed by atoms with van der Waals surface area (Å²) < 4.78 is 1.86. The molecule has 0 spiro atoms. The minimum Gasteiger partial charge on any atom is -0.240 e. The van der Waals surface area contributed by atoms with Crippen molar-refractivity contribution in [2.45, 2.75) is 0 Å². The summed E-state index contributed by atoms with van der Waals surface area (Å²) in [5.41, 5.74) is 2.00. The minimum absolute atomic E-state index is 0.736. The van der Waals surface area contributed by atoms with Gasteiger partial charge in [-0.05, 0) is 30.3 Å². The average molecular weight is 229 g/mol. The van der Waals surface area contributed by atoms with E-state index in [9.17, 15) is 0 Å². The first-order valence-corrected chi connectivity index (χ1v) is 5.41. The lowest BCUT2D eigenvalue weighted by molar-refractivity contribution is 0.896. The summed E-state index contributed by atoms with van der Waals surface area (Å²) in [5.74, 6) is 0. The number of hydrogen-bond acceptors (Lipinski definition) is 1. The Hall–Kier alpha value is -1.80. The minimum atomic E-state index is 0.736. The molecule has 0 unspecified atom stereocenters. The number of rotatable bonds is 1. The van der Waals surface area contributed by atoms with Crippen LogP contribution in [0.2, 0.25) is 5.02 Å². The highest BCUT2D eigenvalue weighted by molar-refractivity contribution is 6.31. The Morgan fingerprint density at radius 1 is 1.00 bits per heavy atom. The van der Waals surface area contributed by atoms with Gasteiger partial charge in [0.15, 0.2) is 0 Å². The fourth-order valence-electron chi connectivity index (χ4n) is 1.71. The van der Waals surface area contributed by atoms with Gasteiger partial charge in [0, 0.05) is 16.6 Å². The molecule has 0 aliphatic carbocycles. The van der Waals surface area contributed by atoms with Crippen LogP contribution in [0.15, 0.2) is 54.7 Å². The van der Waals surface area contributed by atoms with E-state index in [1.807, 2.05) is 59.4 Å². The molecular formula is C13H9ClN2. The molecule has 0 saturated carbocycles. The summed E-state index contributed by atoms with van der Waals surface area (Å²) in [6.45, 7) is 0. The van der Waals surface area contributed by atoms with Crippen molar-refractivity contribution in [3.8, 4) is 5.69 Å². The third-order valence-corrected chi connectivity index (χ3v) is 2.72. The van der Waals surface area contributed by atoms with E-state index < -0.39 is 0 Å². The molecule has 0 fully saturated rings. The Balaban J connectivity index is 2.19. The quantitative estimate of drug-likeness (QED) is 0.621. The van der Waals surface area contributed by atoms with Gasteiger partial charge in [0.1, 0.15) is 0 Å². The highest BCUT2D eigenvalue weighted by Gasteiger charge is 2.02. The lowest BCUT2D eigenvalue weighted by Gasteiger charge is -1.98. The molecule has 1 aromatic heterocycles. The van der Waals surface area contributed by atoms with E-state index >= 15 is 0 Å². The summed E-state index contributed by atoms with van der Waals surface area (Å²) in [4.78, 5) is 0. The third kappa shape index (κ3) is 1.57. The van der Waals surface area contributed by atoms with Gasteiger partial charge < -0.3 is 0 Å². The summed E-state index contributed by atoms with van der Waals surface area (Å²) in [7, 11) is 0. The predicted octanol–water partition coefficient (Wildman–Crippen LogP) is 3.68. The van der Waals surface area contributed by atoms with Gasteiger partial charge >= 0.3 is 0 Å². The first kappa shape index (κ1) is 9.43. The van der Waals surface area contributed by atoms with Gasteiger partial charge in [0.25, 0.3) is 0 Å². The van der Waals surface area contributed by atoms with Crippen LogP contribution in [0.5, 0.6) is 0 Å². The second-order valence-electron chi connectivity index (χ2n) is 3.61. The molecular weight excluding hydrogens is 220 g/mol. The molecule has 2 nitrogen and oxygen atoms in total. The SMILES string of the molecule is Clc1ccc2nn(-c3ccccc3)cc2c1. The van der Waals surface area contributed by atoms with Gasteiger partial charge in [-0.2, -0.15) is 5.10 Å². The molecule has 0 aliphatic rings. The number of halogens is 1. The molecule has 0 bridgehead atoms. The zero-order chi connectivity index (χ0) is 11.0. The second-order valence-corrected chi connectivity index (χ2v) is 4.05. The normalized spacial score (nSPS) is 10.8. The lowest BCUT2D eigenvalue weighted by atomic mass is 10.3. The monoisotopic (exact) mass is 228 g/mol. The van der Waals surface area contributed by atoms with Crippen LogP contribution >= 0.6 is 11.6 Å². The van der Waals surface area contributed by atoms with E-state index in [1.54, 1.807) is 0 Å². The maximum atomic E-state index is 5.94. The van der Waals surface area contributed by atoms with Crippen molar-refractivity contribution in [1.82, 2.24) is 9.78 Å². The summed E-state index contributed by atoms with van der Waals surface area (Å²) in [5, 5.41) is 6.27. The third-order valence-electron chi connectivity index (χ3n) is 2.49. The number of aromatic nitrogens is 2. The van der Waals surface area contributed by atoms with Crippen molar-refractivity contribution in [1.29, 1.82) is 0 Å². The van der Waals surface area contributed by atoms with Gasteiger partial charge in [-0.15, -0.1) is 0 Å². The molecule has 0 aliphatic heterocycles. The van der Waals surface area contributed by atoms with E-state index in [0.717, 1.165) is 21.6 Å². The van der Waals surface area contributed by atoms with Crippen LogP contribution in [-0.4, -0.2) is 9.78 Å². The Kier molecular flexibility index (Phi) is 2.15. The molecule has 2 aromatic carbocycles. The van der Waals surface area contributed by atoms with Crippen molar-refractivity contribution in [2.24, 2.45) is 0 Å². The summed E-state index contributed by atoms with van der Waals surface area (Å²) in [6, 6.07) is 15.7. The summed E-state index contributed by atoms with van der Waals surface area (Å²) in [6.07, 6.45) is 1.98. The Morgan fingerprint density at radius 3 is 2.62 bits per heavy atom. The standard InChI is InChI=1S/C13H9ClN2/c14-11-6-7-13-10(8-11)9-16(15-13)12-4-2-1-3-5-12/h1-9H. The number of hydrogen-bond donors (Lipinski definition) is 0. The van der Waals surface area contributed by atoms with Gasteiger partial charge in [-0.25, -0.2) is 4.68 Å². The van der Waals surface area contributed by atoms with Gasteiger partial charge in [-0.1, -0.05) is 29.8 Å². The lowest BCUT2D eigenvalue weighted by Crippen LogP contribution is -1.92. The van der Waals surface area contributed by atoms with E-state index in [2.05, 4.69) is 5.10 Å². The van der Waals surface area contributed by atoms with Crippen molar-refractivity contribution < 1.29 is 0 Å². The van der Waals surface area contributed by atoms with Gasteiger partial charge in [0.05, 0.1) is 11.2 Å². The largest absolute Gasteiger partial charge is 0.240 e. The number of para-hydroxylation sites is 1. The average Bonchev–Trinajstić information content (AvgIpc) is 2.73. The highest BCUT2D eigenvalue weighted by atomic mass is 35.5. The van der Waals surface area contributed by atoms with Crippen LogP contribution in [0.4, 0.5) is 0 Å². The molecule has 0 N–H and O–H groups in total.